The Bertz CT molecular complexity index is 529. The first-order valence-corrected chi connectivity index (χ1v) is 7.67. The molecule has 0 heterocycles. The van der Waals surface area contributed by atoms with Crippen molar-refractivity contribution in [3.63, 3.8) is 0 Å². The third kappa shape index (κ3) is 4.88. The number of nitrogens with one attached hydrogen (secondary N) is 3. The van der Waals surface area contributed by atoms with Crippen molar-refractivity contribution in [2.45, 2.75) is 6.92 Å². The number of carbonyl (C=O) groups is 1. The van der Waals surface area contributed by atoms with Crippen molar-refractivity contribution in [3.8, 4) is 0 Å². The molecule has 0 spiro atoms. The van der Waals surface area contributed by atoms with Crippen molar-refractivity contribution in [2.24, 2.45) is 0 Å². The molecule has 1 aromatic rings. The fraction of sp³-hybridized carbons (Fsp3) is 0.417. The third-order valence-electron chi connectivity index (χ3n) is 2.51. The number of anilines is 1. The van der Waals surface area contributed by atoms with Gasteiger partial charge in [-0.1, -0.05) is 12.1 Å². The lowest BCUT2D eigenvalue weighted by atomic mass is 10.1. The molecule has 0 radical (unpaired) electrons. The van der Waals surface area contributed by atoms with E-state index in [0.717, 1.165) is 5.69 Å². The fourth-order valence-electron chi connectivity index (χ4n) is 1.52. The van der Waals surface area contributed by atoms with Crippen LogP contribution in [0, 0.1) is 0 Å². The van der Waals surface area contributed by atoms with Crippen molar-refractivity contribution >= 4 is 21.6 Å². The number of para-hydroxylation sites is 1. The minimum Gasteiger partial charge on any atom is -0.385 e. The summed E-state index contributed by atoms with van der Waals surface area (Å²) in [5, 5.41) is 5.67. The standard InChI is InChI=1S/C12H19N3O3S/c1-3-14-11-7-5-4-6-10(11)12(16)15-8-9-19(17,18)13-2/h4-7,13-14H,3,8-9H2,1-2H3,(H,15,16). The van der Waals surface area contributed by atoms with E-state index in [0.29, 0.717) is 12.1 Å². The number of rotatable bonds is 7. The van der Waals surface area contributed by atoms with E-state index in [9.17, 15) is 13.2 Å². The molecule has 0 aliphatic rings. The van der Waals surface area contributed by atoms with E-state index in [-0.39, 0.29) is 18.2 Å². The number of hydrogen-bond donors (Lipinski definition) is 3. The zero-order chi connectivity index (χ0) is 14.3. The van der Waals surface area contributed by atoms with Crippen LogP contribution in [-0.4, -0.2) is 40.2 Å². The highest BCUT2D eigenvalue weighted by molar-refractivity contribution is 7.89. The van der Waals surface area contributed by atoms with Gasteiger partial charge in [-0.15, -0.1) is 0 Å². The predicted octanol–water partition coefficient (Wildman–Crippen LogP) is 0.397. The van der Waals surface area contributed by atoms with Gasteiger partial charge in [0.05, 0.1) is 11.3 Å². The molecule has 7 heteroatoms. The molecule has 0 unspecified atom stereocenters. The zero-order valence-corrected chi connectivity index (χ0v) is 11.9. The molecule has 1 amide bonds. The predicted molar refractivity (Wildman–Crippen MR) is 75.8 cm³/mol. The number of hydrogen-bond acceptors (Lipinski definition) is 4. The van der Waals surface area contributed by atoms with Crippen LogP contribution >= 0.6 is 0 Å². The van der Waals surface area contributed by atoms with E-state index >= 15 is 0 Å². The summed E-state index contributed by atoms with van der Waals surface area (Å²) in [5.74, 6) is -0.429. The van der Waals surface area contributed by atoms with E-state index in [1.807, 2.05) is 19.1 Å². The normalized spacial score (nSPS) is 11.1. The largest absolute Gasteiger partial charge is 0.385 e. The molecule has 0 fully saturated rings. The molecular weight excluding hydrogens is 266 g/mol. The number of amides is 1. The maximum absolute atomic E-state index is 11.9. The molecule has 6 nitrogen and oxygen atoms in total. The van der Waals surface area contributed by atoms with Crippen molar-refractivity contribution in [3.05, 3.63) is 29.8 Å². The Labute approximate surface area is 113 Å². The topological polar surface area (TPSA) is 87.3 Å². The van der Waals surface area contributed by atoms with Gasteiger partial charge in [0, 0.05) is 18.8 Å². The highest BCUT2D eigenvalue weighted by atomic mass is 32.2. The second kappa shape index (κ2) is 7.10. The van der Waals surface area contributed by atoms with Gasteiger partial charge in [-0.2, -0.15) is 0 Å². The van der Waals surface area contributed by atoms with E-state index < -0.39 is 10.0 Å². The quantitative estimate of drug-likeness (QED) is 0.676. The number of carbonyl (C=O) groups excluding carboxylic acids is 1. The Morgan fingerprint density at radius 1 is 1.26 bits per heavy atom. The van der Waals surface area contributed by atoms with E-state index in [1.54, 1.807) is 12.1 Å². The van der Waals surface area contributed by atoms with Crippen LogP contribution in [0.15, 0.2) is 24.3 Å². The van der Waals surface area contributed by atoms with Gasteiger partial charge in [0.2, 0.25) is 10.0 Å². The molecular formula is C12H19N3O3S. The summed E-state index contributed by atoms with van der Waals surface area (Å²) in [6.07, 6.45) is 0. The van der Waals surface area contributed by atoms with E-state index in [4.69, 9.17) is 0 Å². The monoisotopic (exact) mass is 285 g/mol. The van der Waals surface area contributed by atoms with Crippen molar-refractivity contribution in [1.82, 2.24) is 10.0 Å². The molecule has 0 aliphatic carbocycles. The summed E-state index contributed by atoms with van der Waals surface area (Å²) >= 11 is 0. The minimum absolute atomic E-state index is 0.0719. The van der Waals surface area contributed by atoms with Gasteiger partial charge < -0.3 is 10.6 Å². The summed E-state index contributed by atoms with van der Waals surface area (Å²) in [6, 6.07) is 7.10. The van der Waals surface area contributed by atoms with Crippen LogP contribution in [-0.2, 0) is 10.0 Å². The average Bonchev–Trinajstić information content (AvgIpc) is 2.39. The summed E-state index contributed by atoms with van der Waals surface area (Å²) in [4.78, 5) is 11.9. The lowest BCUT2D eigenvalue weighted by molar-refractivity contribution is 0.0957. The lowest BCUT2D eigenvalue weighted by Gasteiger charge is -2.10. The Kier molecular flexibility index (Phi) is 5.78. The summed E-state index contributed by atoms with van der Waals surface area (Å²) < 4.78 is 24.6. The molecule has 0 saturated heterocycles. The lowest BCUT2D eigenvalue weighted by Crippen LogP contribution is -2.33. The Morgan fingerprint density at radius 3 is 2.58 bits per heavy atom. The Morgan fingerprint density at radius 2 is 1.95 bits per heavy atom. The van der Waals surface area contributed by atoms with Gasteiger partial charge in [0.25, 0.3) is 5.91 Å². The molecule has 1 rings (SSSR count). The van der Waals surface area contributed by atoms with Gasteiger partial charge in [-0.3, -0.25) is 4.79 Å². The SMILES string of the molecule is CCNc1ccccc1C(=O)NCCS(=O)(=O)NC. The molecule has 0 bridgehead atoms. The van der Waals surface area contributed by atoms with Crippen molar-refractivity contribution in [2.75, 3.05) is 31.2 Å². The maximum Gasteiger partial charge on any atom is 0.253 e. The van der Waals surface area contributed by atoms with Crippen LogP contribution in [0.1, 0.15) is 17.3 Å². The van der Waals surface area contributed by atoms with Crippen LogP contribution in [0.5, 0.6) is 0 Å². The van der Waals surface area contributed by atoms with Gasteiger partial charge in [0.15, 0.2) is 0 Å². The Hall–Kier alpha value is -1.60. The Balaban J connectivity index is 2.64. The number of benzene rings is 1. The molecule has 1 aromatic carbocycles. The van der Waals surface area contributed by atoms with Gasteiger partial charge >= 0.3 is 0 Å². The van der Waals surface area contributed by atoms with Crippen LogP contribution in [0.25, 0.3) is 0 Å². The molecule has 0 atom stereocenters. The molecule has 0 saturated carbocycles. The van der Waals surface area contributed by atoms with Crippen LogP contribution in [0.2, 0.25) is 0 Å². The van der Waals surface area contributed by atoms with Crippen LogP contribution in [0.4, 0.5) is 5.69 Å². The first kappa shape index (κ1) is 15.5. The second-order valence-electron chi connectivity index (χ2n) is 3.85. The molecule has 19 heavy (non-hydrogen) atoms. The fourth-order valence-corrected chi connectivity index (χ4v) is 2.10. The zero-order valence-electron chi connectivity index (χ0n) is 11.1. The van der Waals surface area contributed by atoms with Gasteiger partial charge in [0.1, 0.15) is 0 Å². The van der Waals surface area contributed by atoms with Gasteiger partial charge in [-0.25, -0.2) is 13.1 Å². The maximum atomic E-state index is 11.9. The van der Waals surface area contributed by atoms with Gasteiger partial charge in [-0.05, 0) is 26.1 Å². The smallest absolute Gasteiger partial charge is 0.253 e. The molecule has 3 N–H and O–H groups in total. The number of sulfonamides is 1. The summed E-state index contributed by atoms with van der Waals surface area (Å²) in [7, 11) is -1.95. The van der Waals surface area contributed by atoms with Crippen molar-refractivity contribution < 1.29 is 13.2 Å². The first-order valence-electron chi connectivity index (χ1n) is 6.02. The average molecular weight is 285 g/mol. The molecule has 0 aliphatic heterocycles. The molecule has 0 aromatic heterocycles. The second-order valence-corrected chi connectivity index (χ2v) is 5.90. The minimum atomic E-state index is -3.30. The highest BCUT2D eigenvalue weighted by Gasteiger charge is 2.12. The first-order chi connectivity index (χ1) is 9.00. The van der Waals surface area contributed by atoms with Crippen molar-refractivity contribution in [1.29, 1.82) is 0 Å². The third-order valence-corrected chi connectivity index (χ3v) is 3.87. The van der Waals surface area contributed by atoms with E-state index in [2.05, 4.69) is 15.4 Å². The summed E-state index contributed by atoms with van der Waals surface area (Å²) in [6.45, 7) is 2.72. The molecule has 106 valence electrons. The highest BCUT2D eigenvalue weighted by Crippen LogP contribution is 2.14. The summed E-state index contributed by atoms with van der Waals surface area (Å²) in [5.41, 5.74) is 1.24. The van der Waals surface area contributed by atoms with Crippen LogP contribution < -0.4 is 15.4 Å². The van der Waals surface area contributed by atoms with E-state index in [1.165, 1.54) is 7.05 Å². The van der Waals surface area contributed by atoms with Crippen LogP contribution in [0.3, 0.4) is 0 Å².